The lowest BCUT2D eigenvalue weighted by Crippen LogP contribution is -2.28. The summed E-state index contributed by atoms with van der Waals surface area (Å²) in [7, 11) is 0. The predicted octanol–water partition coefficient (Wildman–Crippen LogP) is 7.14. The molecular weight excluding hydrogens is 459 g/mol. The van der Waals surface area contributed by atoms with E-state index in [0.717, 1.165) is 51.4 Å². The molecule has 1 heterocycles. The molecule has 0 aliphatic rings. The van der Waals surface area contributed by atoms with Crippen LogP contribution < -0.4 is 0 Å². The number of carbonyl (C=O) groups excluding carboxylic acids is 2. The molecule has 0 aliphatic carbocycles. The maximum absolute atomic E-state index is 14.6. The van der Waals surface area contributed by atoms with Crippen molar-refractivity contribution in [1.29, 1.82) is 0 Å². The molecule has 1 aromatic carbocycles. The van der Waals surface area contributed by atoms with Gasteiger partial charge in [-0.1, -0.05) is 78.4 Å². The Balaban J connectivity index is 2.21. The van der Waals surface area contributed by atoms with Gasteiger partial charge >= 0.3 is 11.9 Å². The number of ether oxygens (including phenoxy) is 2. The highest BCUT2D eigenvalue weighted by atomic mass is 19.1. The zero-order valence-corrected chi connectivity index (χ0v) is 22.4. The van der Waals surface area contributed by atoms with Crippen LogP contribution in [0.2, 0.25) is 0 Å². The lowest BCUT2D eigenvalue weighted by Gasteiger charge is -2.22. The first kappa shape index (κ1) is 29.5. The SMILES string of the molecule is CCCCC(CC)COC(=O)CC(C(=O)OCC(CC)CCCC)n1ccnc1-c1ccccc1F. The van der Waals surface area contributed by atoms with Crippen molar-refractivity contribution in [2.24, 2.45) is 11.8 Å². The normalized spacial score (nSPS) is 13.7. The van der Waals surface area contributed by atoms with Crippen molar-refractivity contribution in [3.8, 4) is 11.4 Å². The van der Waals surface area contributed by atoms with Crippen LogP contribution in [0.4, 0.5) is 4.39 Å². The third-order valence-corrected chi connectivity index (χ3v) is 6.78. The smallest absolute Gasteiger partial charge is 0.329 e. The van der Waals surface area contributed by atoms with Crippen LogP contribution in [0.25, 0.3) is 11.4 Å². The van der Waals surface area contributed by atoms with Gasteiger partial charge in [-0.25, -0.2) is 14.2 Å². The Bertz CT molecular complexity index is 930. The predicted molar refractivity (Wildman–Crippen MR) is 140 cm³/mol. The Hall–Kier alpha value is -2.70. The molecule has 0 amide bonds. The number of halogens is 1. The van der Waals surface area contributed by atoms with E-state index in [2.05, 4.69) is 32.7 Å². The number of rotatable bonds is 17. The average molecular weight is 503 g/mol. The Kier molecular flexibility index (Phi) is 13.2. The number of imidazole rings is 1. The molecular formula is C29H43FN2O4. The Morgan fingerprint density at radius 1 is 0.944 bits per heavy atom. The van der Waals surface area contributed by atoms with Gasteiger partial charge in [0, 0.05) is 12.4 Å². The molecule has 2 rings (SSSR count). The fraction of sp³-hybridized carbons (Fsp3) is 0.621. The van der Waals surface area contributed by atoms with Gasteiger partial charge in [0.25, 0.3) is 0 Å². The molecule has 6 nitrogen and oxygen atoms in total. The number of aromatic nitrogens is 2. The summed E-state index contributed by atoms with van der Waals surface area (Å²) in [6.45, 7) is 9.06. The molecule has 0 bridgehead atoms. The van der Waals surface area contributed by atoms with E-state index >= 15 is 0 Å². The molecule has 0 N–H and O–H groups in total. The van der Waals surface area contributed by atoms with E-state index in [4.69, 9.17) is 9.47 Å². The molecule has 0 fully saturated rings. The summed E-state index contributed by atoms with van der Waals surface area (Å²) in [6, 6.07) is 5.26. The molecule has 0 radical (unpaired) electrons. The second-order valence-electron chi connectivity index (χ2n) is 9.50. The van der Waals surface area contributed by atoms with Crippen molar-refractivity contribution < 1.29 is 23.5 Å². The summed E-state index contributed by atoms with van der Waals surface area (Å²) >= 11 is 0. The van der Waals surface area contributed by atoms with Gasteiger partial charge in [0.1, 0.15) is 17.7 Å². The maximum Gasteiger partial charge on any atom is 0.329 e. The second-order valence-corrected chi connectivity index (χ2v) is 9.50. The summed E-state index contributed by atoms with van der Waals surface area (Å²) < 4.78 is 27.4. The lowest BCUT2D eigenvalue weighted by atomic mass is 10.0. The first-order chi connectivity index (χ1) is 17.4. The Labute approximate surface area is 215 Å². The van der Waals surface area contributed by atoms with Crippen molar-refractivity contribution in [1.82, 2.24) is 9.55 Å². The first-order valence-corrected chi connectivity index (χ1v) is 13.5. The topological polar surface area (TPSA) is 70.4 Å². The fourth-order valence-electron chi connectivity index (χ4n) is 4.23. The molecule has 36 heavy (non-hydrogen) atoms. The number of benzene rings is 1. The minimum Gasteiger partial charge on any atom is -0.465 e. The summed E-state index contributed by atoms with van der Waals surface area (Å²) in [4.78, 5) is 30.5. The Morgan fingerprint density at radius 2 is 1.56 bits per heavy atom. The van der Waals surface area contributed by atoms with E-state index in [1.54, 1.807) is 24.4 Å². The number of esters is 2. The fourth-order valence-corrected chi connectivity index (χ4v) is 4.23. The highest BCUT2D eigenvalue weighted by molar-refractivity contribution is 5.82. The van der Waals surface area contributed by atoms with Crippen LogP contribution in [0.1, 0.15) is 91.5 Å². The van der Waals surface area contributed by atoms with Crippen molar-refractivity contribution in [3.05, 3.63) is 42.5 Å². The van der Waals surface area contributed by atoms with Crippen LogP contribution in [0.5, 0.6) is 0 Å². The van der Waals surface area contributed by atoms with Gasteiger partial charge in [0.15, 0.2) is 0 Å². The van der Waals surface area contributed by atoms with Gasteiger partial charge in [0.2, 0.25) is 0 Å². The average Bonchev–Trinajstić information content (AvgIpc) is 3.37. The van der Waals surface area contributed by atoms with Crippen molar-refractivity contribution in [2.75, 3.05) is 13.2 Å². The highest BCUT2D eigenvalue weighted by Crippen LogP contribution is 2.27. The third kappa shape index (κ3) is 9.07. The molecule has 0 aliphatic heterocycles. The maximum atomic E-state index is 14.6. The largest absolute Gasteiger partial charge is 0.465 e. The van der Waals surface area contributed by atoms with Gasteiger partial charge in [-0.3, -0.25) is 4.79 Å². The molecule has 0 saturated heterocycles. The van der Waals surface area contributed by atoms with Crippen molar-refractivity contribution in [2.45, 2.75) is 91.5 Å². The van der Waals surface area contributed by atoms with Crippen LogP contribution in [0, 0.1) is 17.7 Å². The Morgan fingerprint density at radius 3 is 2.14 bits per heavy atom. The molecule has 0 saturated carbocycles. The lowest BCUT2D eigenvalue weighted by molar-refractivity contribution is -0.156. The van der Waals surface area contributed by atoms with Gasteiger partial charge < -0.3 is 14.0 Å². The van der Waals surface area contributed by atoms with E-state index in [0.29, 0.717) is 19.1 Å². The zero-order chi connectivity index (χ0) is 26.3. The van der Waals surface area contributed by atoms with Gasteiger partial charge in [-0.15, -0.1) is 0 Å². The molecule has 1 aromatic heterocycles. The molecule has 3 atom stereocenters. The van der Waals surface area contributed by atoms with Crippen LogP contribution in [-0.4, -0.2) is 34.7 Å². The highest BCUT2D eigenvalue weighted by Gasteiger charge is 2.30. The van der Waals surface area contributed by atoms with Crippen molar-refractivity contribution in [3.63, 3.8) is 0 Å². The molecule has 7 heteroatoms. The number of carbonyl (C=O) groups is 2. The van der Waals surface area contributed by atoms with Gasteiger partial charge in [-0.2, -0.15) is 0 Å². The summed E-state index contributed by atoms with van der Waals surface area (Å²) in [5.41, 5.74) is 0.258. The second kappa shape index (κ2) is 16.1. The van der Waals surface area contributed by atoms with E-state index in [-0.39, 0.29) is 23.7 Å². The summed E-state index contributed by atoms with van der Waals surface area (Å²) in [6.07, 6.45) is 11.0. The molecule has 200 valence electrons. The quantitative estimate of drug-likeness (QED) is 0.215. The minimum atomic E-state index is -0.992. The number of nitrogens with zero attached hydrogens (tertiary/aromatic N) is 2. The molecule has 3 unspecified atom stereocenters. The van der Waals surface area contributed by atoms with Gasteiger partial charge in [0.05, 0.1) is 25.2 Å². The van der Waals surface area contributed by atoms with Crippen LogP contribution in [0.15, 0.2) is 36.7 Å². The summed E-state index contributed by atoms with van der Waals surface area (Å²) in [5, 5.41) is 0. The van der Waals surface area contributed by atoms with E-state index in [1.165, 1.54) is 16.8 Å². The van der Waals surface area contributed by atoms with Gasteiger partial charge in [-0.05, 0) is 36.8 Å². The summed E-state index contributed by atoms with van der Waals surface area (Å²) in [5.74, 6) is -0.625. The van der Waals surface area contributed by atoms with E-state index in [9.17, 15) is 14.0 Å². The minimum absolute atomic E-state index is 0.202. The molecule has 2 aromatic rings. The number of unbranched alkanes of at least 4 members (excludes halogenated alkanes) is 2. The van der Waals surface area contributed by atoms with Crippen LogP contribution >= 0.6 is 0 Å². The van der Waals surface area contributed by atoms with Crippen LogP contribution in [-0.2, 0) is 19.1 Å². The molecule has 0 spiro atoms. The van der Waals surface area contributed by atoms with Crippen LogP contribution in [0.3, 0.4) is 0 Å². The number of hydrogen-bond acceptors (Lipinski definition) is 5. The van der Waals surface area contributed by atoms with E-state index < -0.39 is 23.8 Å². The standard InChI is InChI=1S/C29H43FN2O4/c1-5-9-13-22(7-3)20-35-27(33)19-26(29(34)36-21-23(8-4)14-10-6-2)32-18-17-31-28(32)24-15-11-12-16-25(24)30/h11-12,15-18,22-23,26H,5-10,13-14,19-21H2,1-4H3. The zero-order valence-electron chi connectivity index (χ0n) is 22.4. The van der Waals surface area contributed by atoms with Crippen molar-refractivity contribution >= 4 is 11.9 Å². The third-order valence-electron chi connectivity index (χ3n) is 6.78. The first-order valence-electron chi connectivity index (χ1n) is 13.5. The van der Waals surface area contributed by atoms with E-state index in [1.807, 2.05) is 0 Å². The number of hydrogen-bond donors (Lipinski definition) is 0. The monoisotopic (exact) mass is 502 g/mol.